The first-order chi connectivity index (χ1) is 11.6. The Kier molecular flexibility index (Phi) is 6.34. The number of esters is 2. The lowest BCUT2D eigenvalue weighted by Crippen LogP contribution is -2.53. The molecule has 1 aromatic carbocycles. The molecule has 6 heteroatoms. The number of piperidine rings is 1. The number of hydrogen-bond acceptors (Lipinski definition) is 6. The van der Waals surface area contributed by atoms with E-state index < -0.39 is 12.0 Å². The molecule has 2 bridgehead atoms. The van der Waals surface area contributed by atoms with E-state index in [1.54, 1.807) is 24.3 Å². The zero-order valence-corrected chi connectivity index (χ0v) is 14.3. The summed E-state index contributed by atoms with van der Waals surface area (Å²) >= 11 is 0. The summed E-state index contributed by atoms with van der Waals surface area (Å²) in [6.07, 6.45) is 2.26. The molecule has 4 atom stereocenters. The van der Waals surface area contributed by atoms with Gasteiger partial charge in [0.2, 0.25) is 0 Å². The Morgan fingerprint density at radius 2 is 1.83 bits per heavy atom. The van der Waals surface area contributed by atoms with E-state index in [-0.39, 0.29) is 18.0 Å². The van der Waals surface area contributed by atoms with Crippen molar-refractivity contribution in [1.29, 1.82) is 0 Å². The molecule has 6 nitrogen and oxygen atoms in total. The molecule has 1 N–H and O–H groups in total. The number of ether oxygens (including phenoxy) is 2. The first kappa shape index (κ1) is 18.4. The maximum absolute atomic E-state index is 12.3. The van der Waals surface area contributed by atoms with Crippen LogP contribution < -0.4 is 0 Å². The quantitative estimate of drug-likeness (QED) is 0.843. The first-order valence-electron chi connectivity index (χ1n) is 8.12. The van der Waals surface area contributed by atoms with Crippen LogP contribution in [0.3, 0.4) is 0 Å². The number of methoxy groups -OCH3 is 1. The second-order valence-corrected chi connectivity index (χ2v) is 6.06. The van der Waals surface area contributed by atoms with Crippen LogP contribution in [0.25, 0.3) is 0 Å². The maximum atomic E-state index is 12.3. The molecule has 0 spiro atoms. The molecule has 24 heavy (non-hydrogen) atoms. The summed E-state index contributed by atoms with van der Waals surface area (Å²) in [5.41, 5.74) is 0.511. The van der Waals surface area contributed by atoms with Crippen molar-refractivity contribution < 1.29 is 24.2 Å². The van der Waals surface area contributed by atoms with Crippen LogP contribution in [-0.2, 0) is 14.3 Å². The SMILES string of the molecule is CO.COC(=O)[C@H]1[C@@H](OC(=O)c2ccccc2)C[C@@H]2CC[C@H]1N2C. The highest BCUT2D eigenvalue weighted by Gasteiger charge is 2.50. The number of rotatable bonds is 3. The lowest BCUT2D eigenvalue weighted by Gasteiger charge is -2.40. The van der Waals surface area contributed by atoms with Gasteiger partial charge in [0.1, 0.15) is 12.0 Å². The van der Waals surface area contributed by atoms with Crippen LogP contribution in [0.1, 0.15) is 29.6 Å². The van der Waals surface area contributed by atoms with E-state index >= 15 is 0 Å². The summed E-state index contributed by atoms with van der Waals surface area (Å²) in [6.45, 7) is 0. The fraction of sp³-hybridized carbons (Fsp3) is 0.556. The predicted molar refractivity (Wildman–Crippen MR) is 88.5 cm³/mol. The molecule has 2 fully saturated rings. The van der Waals surface area contributed by atoms with Gasteiger partial charge >= 0.3 is 11.9 Å². The van der Waals surface area contributed by atoms with Gasteiger partial charge in [0.25, 0.3) is 0 Å². The zero-order valence-electron chi connectivity index (χ0n) is 14.3. The Bertz CT molecular complexity index is 562. The van der Waals surface area contributed by atoms with Crippen molar-refractivity contribution in [3.63, 3.8) is 0 Å². The summed E-state index contributed by atoms with van der Waals surface area (Å²) in [7, 11) is 4.42. The third-order valence-corrected chi connectivity index (χ3v) is 4.96. The van der Waals surface area contributed by atoms with E-state index in [9.17, 15) is 9.59 Å². The van der Waals surface area contributed by atoms with Crippen molar-refractivity contribution in [2.45, 2.75) is 37.5 Å². The fourth-order valence-electron chi connectivity index (χ4n) is 3.77. The fourth-order valence-corrected chi connectivity index (χ4v) is 3.77. The minimum absolute atomic E-state index is 0.0970. The molecule has 2 aliphatic heterocycles. The van der Waals surface area contributed by atoms with Crippen molar-refractivity contribution in [1.82, 2.24) is 4.90 Å². The van der Waals surface area contributed by atoms with Gasteiger partial charge < -0.3 is 14.6 Å². The van der Waals surface area contributed by atoms with Gasteiger partial charge in [-0.1, -0.05) is 18.2 Å². The van der Waals surface area contributed by atoms with Crippen LogP contribution in [-0.4, -0.2) is 61.4 Å². The van der Waals surface area contributed by atoms with Crippen LogP contribution in [0.4, 0.5) is 0 Å². The number of benzene rings is 1. The van der Waals surface area contributed by atoms with Gasteiger partial charge in [-0.25, -0.2) is 4.79 Å². The van der Waals surface area contributed by atoms with Gasteiger partial charge in [0.05, 0.1) is 12.7 Å². The zero-order chi connectivity index (χ0) is 17.7. The molecule has 2 saturated heterocycles. The second kappa shape index (κ2) is 8.26. The smallest absolute Gasteiger partial charge is 0.338 e. The molecule has 1 aromatic rings. The number of nitrogens with zero attached hydrogens (tertiary/aromatic N) is 1. The highest BCUT2D eigenvalue weighted by atomic mass is 16.6. The number of aliphatic hydroxyl groups excluding tert-OH is 1. The topological polar surface area (TPSA) is 76.1 Å². The Morgan fingerprint density at radius 3 is 2.46 bits per heavy atom. The third-order valence-electron chi connectivity index (χ3n) is 4.96. The van der Waals surface area contributed by atoms with Gasteiger partial charge in [0, 0.05) is 25.6 Å². The van der Waals surface area contributed by atoms with Crippen LogP contribution in [0.2, 0.25) is 0 Å². The van der Waals surface area contributed by atoms with E-state index in [1.807, 2.05) is 13.1 Å². The molecule has 0 saturated carbocycles. The monoisotopic (exact) mass is 335 g/mol. The molecule has 0 unspecified atom stereocenters. The van der Waals surface area contributed by atoms with E-state index in [4.69, 9.17) is 14.6 Å². The largest absolute Gasteiger partial charge is 0.469 e. The lowest BCUT2D eigenvalue weighted by molar-refractivity contribution is -0.156. The van der Waals surface area contributed by atoms with Crippen LogP contribution >= 0.6 is 0 Å². The molecule has 0 aliphatic carbocycles. The Morgan fingerprint density at radius 1 is 1.17 bits per heavy atom. The van der Waals surface area contributed by atoms with Gasteiger partial charge in [-0.15, -0.1) is 0 Å². The molecule has 0 amide bonds. The number of carbonyl (C=O) groups excluding carboxylic acids is 2. The molecule has 0 aromatic heterocycles. The highest BCUT2D eigenvalue weighted by Crippen LogP contribution is 2.40. The van der Waals surface area contributed by atoms with Crippen molar-refractivity contribution in [2.75, 3.05) is 21.3 Å². The summed E-state index contributed by atoms with van der Waals surface area (Å²) in [5, 5.41) is 7.00. The lowest BCUT2D eigenvalue weighted by atomic mass is 9.87. The summed E-state index contributed by atoms with van der Waals surface area (Å²) in [4.78, 5) is 26.7. The normalized spacial score (nSPS) is 28.5. The highest BCUT2D eigenvalue weighted by molar-refractivity contribution is 5.89. The molecule has 0 radical (unpaired) electrons. The van der Waals surface area contributed by atoms with E-state index in [1.165, 1.54) is 7.11 Å². The van der Waals surface area contributed by atoms with Gasteiger partial charge in [0.15, 0.2) is 0 Å². The molecule has 3 rings (SSSR count). The Labute approximate surface area is 142 Å². The average molecular weight is 335 g/mol. The van der Waals surface area contributed by atoms with E-state index in [0.717, 1.165) is 20.0 Å². The van der Waals surface area contributed by atoms with E-state index in [2.05, 4.69) is 4.90 Å². The summed E-state index contributed by atoms with van der Waals surface area (Å²) in [6, 6.07) is 9.36. The number of carbonyl (C=O) groups is 2. The van der Waals surface area contributed by atoms with Gasteiger partial charge in [-0.05, 0) is 32.0 Å². The van der Waals surface area contributed by atoms with Crippen molar-refractivity contribution in [2.24, 2.45) is 5.92 Å². The maximum Gasteiger partial charge on any atom is 0.338 e. The van der Waals surface area contributed by atoms with Gasteiger partial charge in [-0.2, -0.15) is 0 Å². The Balaban J connectivity index is 0.00000100. The Hall–Kier alpha value is -1.92. The standard InChI is InChI=1S/C17H21NO4.CH4O/c1-18-12-8-9-13(18)15(17(20)21-2)14(10-12)22-16(19)11-6-4-3-5-7-11;1-2/h3-7,12-15H,8-10H2,1-2H3;2H,1H3/t12-,13+,14-,15+;/m0./s1. The molecule has 2 heterocycles. The summed E-state index contributed by atoms with van der Waals surface area (Å²) in [5.74, 6) is -1.06. The average Bonchev–Trinajstić information content (AvgIpc) is 2.86. The molecular formula is C18H25NO5. The first-order valence-corrected chi connectivity index (χ1v) is 8.12. The van der Waals surface area contributed by atoms with Crippen molar-refractivity contribution in [3.8, 4) is 0 Å². The van der Waals surface area contributed by atoms with Crippen LogP contribution in [0, 0.1) is 5.92 Å². The van der Waals surface area contributed by atoms with Crippen molar-refractivity contribution in [3.05, 3.63) is 35.9 Å². The van der Waals surface area contributed by atoms with Crippen LogP contribution in [0.15, 0.2) is 30.3 Å². The third kappa shape index (κ3) is 3.60. The van der Waals surface area contributed by atoms with E-state index in [0.29, 0.717) is 18.0 Å². The molecular weight excluding hydrogens is 310 g/mol. The molecule has 2 aliphatic rings. The number of aliphatic hydroxyl groups is 1. The molecule has 132 valence electrons. The van der Waals surface area contributed by atoms with Gasteiger partial charge in [-0.3, -0.25) is 9.69 Å². The number of fused-ring (bicyclic) bond motifs is 2. The van der Waals surface area contributed by atoms with Crippen molar-refractivity contribution >= 4 is 11.9 Å². The second-order valence-electron chi connectivity index (χ2n) is 6.06. The minimum atomic E-state index is -0.408. The number of hydrogen-bond donors (Lipinski definition) is 1. The summed E-state index contributed by atoms with van der Waals surface area (Å²) < 4.78 is 10.6. The predicted octanol–water partition coefficient (Wildman–Crippen LogP) is 1.48. The van der Waals surface area contributed by atoms with Crippen LogP contribution in [0.5, 0.6) is 0 Å². The minimum Gasteiger partial charge on any atom is -0.469 e.